The standard InChI is InChI=1S/C16H22ClNO2/c1-2-11-12(16(9-18)6-4-3-5-7-16)8-13(17)15-14(11)19-10-20-15/h8H,2-7,9-10,18H2,1H3. The van der Waals surface area contributed by atoms with E-state index in [1.807, 2.05) is 0 Å². The summed E-state index contributed by atoms with van der Waals surface area (Å²) < 4.78 is 11.2. The third-order valence-electron chi connectivity index (χ3n) is 4.83. The van der Waals surface area contributed by atoms with Crippen molar-refractivity contribution in [3.05, 3.63) is 22.2 Å². The lowest BCUT2D eigenvalue weighted by molar-refractivity contribution is 0.173. The van der Waals surface area contributed by atoms with E-state index >= 15 is 0 Å². The van der Waals surface area contributed by atoms with Crippen molar-refractivity contribution in [3.63, 3.8) is 0 Å². The zero-order valence-corrected chi connectivity index (χ0v) is 12.8. The smallest absolute Gasteiger partial charge is 0.231 e. The summed E-state index contributed by atoms with van der Waals surface area (Å²) in [7, 11) is 0. The van der Waals surface area contributed by atoms with Crippen molar-refractivity contribution in [1.29, 1.82) is 0 Å². The van der Waals surface area contributed by atoms with E-state index in [1.165, 1.54) is 30.4 Å². The molecule has 1 saturated carbocycles. The molecule has 1 aliphatic carbocycles. The van der Waals surface area contributed by atoms with Crippen LogP contribution in [0.25, 0.3) is 0 Å². The van der Waals surface area contributed by atoms with Crippen molar-refractivity contribution >= 4 is 11.6 Å². The zero-order valence-electron chi connectivity index (χ0n) is 12.0. The zero-order chi connectivity index (χ0) is 14.2. The Kier molecular flexibility index (Phi) is 3.83. The summed E-state index contributed by atoms with van der Waals surface area (Å²) in [6, 6.07) is 2.08. The van der Waals surface area contributed by atoms with E-state index in [0.29, 0.717) is 17.3 Å². The van der Waals surface area contributed by atoms with Gasteiger partial charge in [-0.05, 0) is 30.9 Å². The molecule has 2 aliphatic rings. The van der Waals surface area contributed by atoms with Gasteiger partial charge >= 0.3 is 0 Å². The van der Waals surface area contributed by atoms with Crippen molar-refractivity contribution in [1.82, 2.24) is 0 Å². The molecule has 110 valence electrons. The normalized spacial score (nSPS) is 20.1. The van der Waals surface area contributed by atoms with Crippen LogP contribution in [0.4, 0.5) is 0 Å². The summed E-state index contributed by atoms with van der Waals surface area (Å²) in [6.45, 7) is 3.10. The van der Waals surface area contributed by atoms with Crippen LogP contribution in [0, 0.1) is 0 Å². The first-order valence-electron chi connectivity index (χ1n) is 7.53. The molecule has 0 saturated heterocycles. The Hall–Kier alpha value is -0.930. The molecule has 1 heterocycles. The molecule has 1 aromatic carbocycles. The number of fused-ring (bicyclic) bond motifs is 1. The molecule has 0 amide bonds. The quantitative estimate of drug-likeness (QED) is 0.922. The number of rotatable bonds is 3. The minimum absolute atomic E-state index is 0.0637. The van der Waals surface area contributed by atoms with Gasteiger partial charge in [-0.25, -0.2) is 0 Å². The average molecular weight is 296 g/mol. The Labute approximate surface area is 125 Å². The second-order valence-corrected chi connectivity index (χ2v) is 6.26. The molecule has 0 bridgehead atoms. The summed E-state index contributed by atoms with van der Waals surface area (Å²) in [4.78, 5) is 0. The molecular weight excluding hydrogens is 274 g/mol. The largest absolute Gasteiger partial charge is 0.453 e. The second kappa shape index (κ2) is 5.45. The highest BCUT2D eigenvalue weighted by Gasteiger charge is 2.37. The van der Waals surface area contributed by atoms with Gasteiger partial charge in [-0.2, -0.15) is 0 Å². The molecule has 0 radical (unpaired) electrons. The molecule has 1 aromatic rings. The van der Waals surface area contributed by atoms with Gasteiger partial charge in [-0.3, -0.25) is 0 Å². The number of nitrogens with two attached hydrogens (primary N) is 1. The number of halogens is 1. The number of ether oxygens (including phenoxy) is 2. The summed E-state index contributed by atoms with van der Waals surface area (Å²) >= 11 is 6.40. The van der Waals surface area contributed by atoms with Crippen molar-refractivity contribution in [2.24, 2.45) is 5.73 Å². The van der Waals surface area contributed by atoms with Gasteiger partial charge < -0.3 is 15.2 Å². The van der Waals surface area contributed by atoms with E-state index in [9.17, 15) is 0 Å². The van der Waals surface area contributed by atoms with Crippen molar-refractivity contribution < 1.29 is 9.47 Å². The fraction of sp³-hybridized carbons (Fsp3) is 0.625. The minimum atomic E-state index is 0.0637. The highest BCUT2D eigenvalue weighted by molar-refractivity contribution is 6.32. The highest BCUT2D eigenvalue weighted by atomic mass is 35.5. The lowest BCUT2D eigenvalue weighted by Crippen LogP contribution is -2.38. The SMILES string of the molecule is CCc1c(C2(CN)CCCCC2)cc(Cl)c2c1OCO2. The summed E-state index contributed by atoms with van der Waals surface area (Å²) in [5, 5.41) is 0.656. The third kappa shape index (κ3) is 2.08. The van der Waals surface area contributed by atoms with Gasteiger partial charge in [0.25, 0.3) is 0 Å². The van der Waals surface area contributed by atoms with Crippen LogP contribution in [0.5, 0.6) is 11.5 Å². The third-order valence-corrected chi connectivity index (χ3v) is 5.11. The van der Waals surface area contributed by atoms with E-state index in [4.69, 9.17) is 26.8 Å². The molecular formula is C16H22ClNO2. The molecule has 1 fully saturated rings. The number of hydrogen-bond donors (Lipinski definition) is 1. The molecule has 0 spiro atoms. The minimum Gasteiger partial charge on any atom is -0.453 e. The molecule has 4 heteroatoms. The molecule has 20 heavy (non-hydrogen) atoms. The van der Waals surface area contributed by atoms with Crippen molar-refractivity contribution in [2.75, 3.05) is 13.3 Å². The van der Waals surface area contributed by atoms with Gasteiger partial charge in [0.15, 0.2) is 11.5 Å². The molecule has 2 N–H and O–H groups in total. The Balaban J connectivity index is 2.15. The van der Waals surface area contributed by atoms with Crippen LogP contribution in [0.1, 0.15) is 50.2 Å². The lowest BCUT2D eigenvalue weighted by atomic mass is 9.68. The van der Waals surface area contributed by atoms with E-state index in [0.717, 1.165) is 25.0 Å². The maximum absolute atomic E-state index is 6.40. The van der Waals surface area contributed by atoms with Gasteiger partial charge in [0, 0.05) is 17.5 Å². The van der Waals surface area contributed by atoms with Gasteiger partial charge in [0.1, 0.15) is 0 Å². The van der Waals surface area contributed by atoms with Crippen LogP contribution in [0.2, 0.25) is 5.02 Å². The fourth-order valence-electron chi connectivity index (χ4n) is 3.72. The van der Waals surface area contributed by atoms with E-state index in [1.54, 1.807) is 0 Å². The predicted molar refractivity (Wildman–Crippen MR) is 80.8 cm³/mol. The maximum Gasteiger partial charge on any atom is 0.231 e. The summed E-state index contributed by atoms with van der Waals surface area (Å²) in [5.41, 5.74) is 8.76. The fourth-order valence-corrected chi connectivity index (χ4v) is 3.97. The average Bonchev–Trinajstić information content (AvgIpc) is 2.98. The van der Waals surface area contributed by atoms with Gasteiger partial charge in [0.2, 0.25) is 6.79 Å². The van der Waals surface area contributed by atoms with E-state index in [2.05, 4.69) is 13.0 Å². The molecule has 1 aliphatic heterocycles. The molecule has 3 nitrogen and oxygen atoms in total. The highest BCUT2D eigenvalue weighted by Crippen LogP contribution is 2.49. The Morgan fingerprint density at radius 3 is 2.55 bits per heavy atom. The Morgan fingerprint density at radius 2 is 1.90 bits per heavy atom. The van der Waals surface area contributed by atoms with Crippen LogP contribution < -0.4 is 15.2 Å². The van der Waals surface area contributed by atoms with Gasteiger partial charge in [0.05, 0.1) is 5.02 Å². The number of hydrogen-bond acceptors (Lipinski definition) is 3. The van der Waals surface area contributed by atoms with Crippen LogP contribution in [-0.2, 0) is 11.8 Å². The van der Waals surface area contributed by atoms with Crippen LogP contribution in [0.15, 0.2) is 6.07 Å². The van der Waals surface area contributed by atoms with Crippen LogP contribution in [-0.4, -0.2) is 13.3 Å². The molecule has 3 rings (SSSR count). The van der Waals surface area contributed by atoms with Crippen LogP contribution in [0.3, 0.4) is 0 Å². The first-order valence-corrected chi connectivity index (χ1v) is 7.91. The second-order valence-electron chi connectivity index (χ2n) is 5.85. The van der Waals surface area contributed by atoms with Crippen LogP contribution >= 0.6 is 11.6 Å². The maximum atomic E-state index is 6.40. The van der Waals surface area contributed by atoms with Gasteiger partial charge in [-0.1, -0.05) is 37.8 Å². The first kappa shape index (κ1) is 14.0. The Bertz CT molecular complexity index is 510. The molecule has 0 aromatic heterocycles. The summed E-state index contributed by atoms with van der Waals surface area (Å²) in [6.07, 6.45) is 7.00. The first-order chi connectivity index (χ1) is 9.72. The number of benzene rings is 1. The summed E-state index contributed by atoms with van der Waals surface area (Å²) in [5.74, 6) is 1.55. The van der Waals surface area contributed by atoms with E-state index < -0.39 is 0 Å². The lowest BCUT2D eigenvalue weighted by Gasteiger charge is -2.38. The predicted octanol–water partition coefficient (Wildman–Crippen LogP) is 3.79. The van der Waals surface area contributed by atoms with E-state index in [-0.39, 0.29) is 12.2 Å². The molecule has 0 atom stereocenters. The monoisotopic (exact) mass is 295 g/mol. The van der Waals surface area contributed by atoms with Crippen molar-refractivity contribution in [2.45, 2.75) is 50.9 Å². The van der Waals surface area contributed by atoms with Gasteiger partial charge in [-0.15, -0.1) is 0 Å². The topological polar surface area (TPSA) is 44.5 Å². The Morgan fingerprint density at radius 1 is 1.20 bits per heavy atom. The molecule has 0 unspecified atom stereocenters. The van der Waals surface area contributed by atoms with Crippen molar-refractivity contribution in [3.8, 4) is 11.5 Å².